The zero-order chi connectivity index (χ0) is 15.0. The molecule has 0 aliphatic carbocycles. The van der Waals surface area contributed by atoms with Crippen LogP contribution in [0.4, 0.5) is 0 Å². The summed E-state index contributed by atoms with van der Waals surface area (Å²) >= 11 is 0. The van der Waals surface area contributed by atoms with Gasteiger partial charge in [-0.2, -0.15) is 0 Å². The second-order valence-electron chi connectivity index (χ2n) is 5.02. The lowest BCUT2D eigenvalue weighted by Gasteiger charge is -2.04. The molecule has 0 heterocycles. The molecule has 0 radical (unpaired) electrons. The predicted octanol–water partition coefficient (Wildman–Crippen LogP) is 4.99. The molecule has 0 spiro atoms. The van der Waals surface area contributed by atoms with Crippen LogP contribution < -0.4 is 0 Å². The molecule has 0 saturated carbocycles. The van der Waals surface area contributed by atoms with Crippen LogP contribution in [-0.4, -0.2) is 5.87 Å². The van der Waals surface area contributed by atoms with Gasteiger partial charge in [0.15, 0.2) is 0 Å². The molecule has 3 aromatic carbocycles. The fourth-order valence-corrected chi connectivity index (χ4v) is 2.30. The third kappa shape index (κ3) is 3.60. The van der Waals surface area contributed by atoms with Gasteiger partial charge in [-0.1, -0.05) is 91.0 Å². The molecule has 0 N–H and O–H groups in total. The van der Waals surface area contributed by atoms with Crippen molar-refractivity contribution < 1.29 is 0 Å². The van der Waals surface area contributed by atoms with E-state index in [0.717, 1.165) is 16.7 Å². The van der Waals surface area contributed by atoms with Gasteiger partial charge in [0.2, 0.25) is 0 Å². The largest absolute Gasteiger partial charge is 0.238 e. The van der Waals surface area contributed by atoms with Crippen molar-refractivity contribution in [1.82, 2.24) is 0 Å². The van der Waals surface area contributed by atoms with Crippen molar-refractivity contribution >= 4 is 11.4 Å². The summed E-state index contributed by atoms with van der Waals surface area (Å²) in [6.07, 6.45) is 0. The van der Waals surface area contributed by atoms with Crippen molar-refractivity contribution in [2.45, 2.75) is 6.54 Å². The summed E-state index contributed by atoms with van der Waals surface area (Å²) in [5, 5.41) is 0. The lowest BCUT2D eigenvalue weighted by molar-refractivity contribution is 1.08. The van der Waals surface area contributed by atoms with E-state index < -0.39 is 0 Å². The molecule has 0 fully saturated rings. The number of aliphatic imine (C=N–C) groups is 1. The molecule has 0 aliphatic heterocycles. The second-order valence-corrected chi connectivity index (χ2v) is 5.02. The van der Waals surface area contributed by atoms with Crippen LogP contribution in [0.3, 0.4) is 0 Å². The van der Waals surface area contributed by atoms with Crippen molar-refractivity contribution in [2.75, 3.05) is 0 Å². The molecule has 3 rings (SSSR count). The van der Waals surface area contributed by atoms with Crippen molar-refractivity contribution in [2.24, 2.45) is 4.99 Å². The Kier molecular flexibility index (Phi) is 4.61. The Hall–Kier alpha value is -2.89. The summed E-state index contributed by atoms with van der Waals surface area (Å²) in [4.78, 5) is 4.51. The van der Waals surface area contributed by atoms with E-state index in [0.29, 0.717) is 6.54 Å². The average Bonchev–Trinajstić information content (AvgIpc) is 2.61. The summed E-state index contributed by atoms with van der Waals surface area (Å²) in [5.74, 6) is 3.24. The molecule has 106 valence electrons. The number of hydrogen-bond acceptors (Lipinski definition) is 1. The highest BCUT2D eigenvalue weighted by molar-refractivity contribution is 5.98. The maximum absolute atomic E-state index is 4.51. The number of benzene rings is 3. The fourth-order valence-electron chi connectivity index (χ4n) is 2.30. The van der Waals surface area contributed by atoms with E-state index in [1.165, 1.54) is 5.56 Å². The lowest BCUT2D eigenvalue weighted by atomic mass is 9.99. The van der Waals surface area contributed by atoms with Gasteiger partial charge in [-0.15, -0.1) is 0 Å². The first-order chi connectivity index (χ1) is 10.9. The molecule has 0 aliphatic rings. The van der Waals surface area contributed by atoms with Gasteiger partial charge in [0.25, 0.3) is 0 Å². The van der Waals surface area contributed by atoms with Crippen LogP contribution in [0.15, 0.2) is 96.0 Å². The highest BCUT2D eigenvalue weighted by Gasteiger charge is 2.03. The first-order valence-corrected chi connectivity index (χ1v) is 7.38. The van der Waals surface area contributed by atoms with Gasteiger partial charge in [-0.25, -0.2) is 4.99 Å². The standard InChI is InChI=1S/C21H17N/c1-4-10-18(11-5-1)16-22-17-21(19-12-6-2-7-13-19)20-14-8-3-9-15-20/h1-15H,16H2. The number of hydrogen-bond donors (Lipinski definition) is 0. The van der Waals surface area contributed by atoms with E-state index in [-0.39, 0.29) is 0 Å². The highest BCUT2D eigenvalue weighted by Crippen LogP contribution is 2.20. The Morgan fingerprint density at radius 3 is 1.59 bits per heavy atom. The monoisotopic (exact) mass is 283 g/mol. The normalized spacial score (nSPS) is 9.82. The van der Waals surface area contributed by atoms with Crippen LogP contribution >= 0.6 is 0 Å². The summed E-state index contributed by atoms with van der Waals surface area (Å²) in [6, 6.07) is 30.8. The molecule has 1 heteroatoms. The van der Waals surface area contributed by atoms with Gasteiger partial charge in [0.1, 0.15) is 0 Å². The highest BCUT2D eigenvalue weighted by atomic mass is 14.7. The Balaban J connectivity index is 1.97. The summed E-state index contributed by atoms with van der Waals surface area (Å²) in [7, 11) is 0. The van der Waals surface area contributed by atoms with Crippen LogP contribution in [0.25, 0.3) is 5.57 Å². The number of nitrogens with zero attached hydrogens (tertiary/aromatic N) is 1. The van der Waals surface area contributed by atoms with Gasteiger partial charge < -0.3 is 0 Å². The summed E-state index contributed by atoms with van der Waals surface area (Å²) < 4.78 is 0. The molecule has 0 amide bonds. The third-order valence-electron chi connectivity index (χ3n) is 3.42. The van der Waals surface area contributed by atoms with Gasteiger partial charge in [-0.3, -0.25) is 0 Å². The van der Waals surface area contributed by atoms with Crippen molar-refractivity contribution in [3.05, 3.63) is 108 Å². The van der Waals surface area contributed by atoms with Crippen molar-refractivity contribution in [3.8, 4) is 0 Å². The van der Waals surface area contributed by atoms with Crippen LogP contribution in [-0.2, 0) is 6.54 Å². The summed E-state index contributed by atoms with van der Waals surface area (Å²) in [6.45, 7) is 0.643. The van der Waals surface area contributed by atoms with Crippen LogP contribution in [0.2, 0.25) is 0 Å². The molecular weight excluding hydrogens is 266 g/mol. The molecule has 0 unspecified atom stereocenters. The maximum atomic E-state index is 4.51. The fraction of sp³-hybridized carbons (Fsp3) is 0.0476. The smallest absolute Gasteiger partial charge is 0.0734 e. The Morgan fingerprint density at radius 1 is 0.636 bits per heavy atom. The maximum Gasteiger partial charge on any atom is 0.0734 e. The molecule has 0 atom stereocenters. The zero-order valence-electron chi connectivity index (χ0n) is 12.3. The Bertz CT molecular complexity index is 726. The van der Waals surface area contributed by atoms with Crippen molar-refractivity contribution in [3.63, 3.8) is 0 Å². The summed E-state index contributed by atoms with van der Waals surface area (Å²) in [5.41, 5.74) is 4.48. The minimum absolute atomic E-state index is 0.643. The van der Waals surface area contributed by atoms with Gasteiger partial charge >= 0.3 is 0 Å². The minimum atomic E-state index is 0.643. The second kappa shape index (κ2) is 7.21. The van der Waals surface area contributed by atoms with Crippen molar-refractivity contribution in [1.29, 1.82) is 0 Å². The SMILES string of the molecule is C(=NCc1ccccc1)=C(c1ccccc1)c1ccccc1. The van der Waals surface area contributed by atoms with E-state index in [4.69, 9.17) is 0 Å². The van der Waals surface area contributed by atoms with Gasteiger partial charge in [0.05, 0.1) is 12.1 Å². The van der Waals surface area contributed by atoms with Crippen LogP contribution in [0, 0.1) is 0 Å². The Morgan fingerprint density at radius 2 is 1.09 bits per heavy atom. The first-order valence-electron chi connectivity index (χ1n) is 7.38. The van der Waals surface area contributed by atoms with Gasteiger partial charge in [-0.05, 0) is 22.6 Å². The molecule has 0 bridgehead atoms. The topological polar surface area (TPSA) is 12.4 Å². The molecule has 1 nitrogen and oxygen atoms in total. The van der Waals surface area contributed by atoms with E-state index in [9.17, 15) is 0 Å². The number of rotatable bonds is 4. The zero-order valence-corrected chi connectivity index (χ0v) is 12.3. The average molecular weight is 283 g/mol. The van der Waals surface area contributed by atoms with E-state index in [1.807, 2.05) is 54.6 Å². The van der Waals surface area contributed by atoms with Gasteiger partial charge in [0, 0.05) is 0 Å². The quantitative estimate of drug-likeness (QED) is 0.598. The van der Waals surface area contributed by atoms with Crippen LogP contribution in [0.5, 0.6) is 0 Å². The first kappa shape index (κ1) is 14.1. The molecule has 22 heavy (non-hydrogen) atoms. The minimum Gasteiger partial charge on any atom is -0.238 e. The molecule has 0 aromatic heterocycles. The lowest BCUT2D eigenvalue weighted by Crippen LogP contribution is -1.88. The molecule has 3 aromatic rings. The van der Waals surface area contributed by atoms with E-state index >= 15 is 0 Å². The van der Waals surface area contributed by atoms with Crippen LogP contribution in [0.1, 0.15) is 16.7 Å². The Labute approximate surface area is 131 Å². The predicted molar refractivity (Wildman–Crippen MR) is 93.0 cm³/mol. The van der Waals surface area contributed by atoms with E-state index in [2.05, 4.69) is 47.3 Å². The molecule has 0 saturated heterocycles. The third-order valence-corrected chi connectivity index (χ3v) is 3.42. The molecular formula is C21H17N. The van der Waals surface area contributed by atoms with E-state index in [1.54, 1.807) is 0 Å².